The summed E-state index contributed by atoms with van der Waals surface area (Å²) in [4.78, 5) is 0. The first-order chi connectivity index (χ1) is 9.74. The van der Waals surface area contributed by atoms with E-state index in [1.54, 1.807) is 6.26 Å². The topological polar surface area (TPSA) is 48.4 Å². The standard InChI is InChI=1S/C16H18BrNO2/c17-13-6-9-20-14(13)15(18)16(7-10-19-11-8-16)12-4-2-1-3-5-12/h1-6,9,15H,7-8,10-11,18H2. The fraction of sp³-hybridized carbons (Fsp3) is 0.375. The number of ether oxygens (including phenoxy) is 1. The molecule has 0 aliphatic carbocycles. The number of furan rings is 1. The van der Waals surface area contributed by atoms with Gasteiger partial charge in [0.25, 0.3) is 0 Å². The molecular weight excluding hydrogens is 318 g/mol. The van der Waals surface area contributed by atoms with E-state index in [4.69, 9.17) is 14.9 Å². The molecule has 20 heavy (non-hydrogen) atoms. The van der Waals surface area contributed by atoms with Crippen LogP contribution in [0.2, 0.25) is 0 Å². The highest BCUT2D eigenvalue weighted by atomic mass is 79.9. The molecule has 2 N–H and O–H groups in total. The Balaban J connectivity index is 2.04. The smallest absolute Gasteiger partial charge is 0.135 e. The number of hydrogen-bond acceptors (Lipinski definition) is 3. The lowest BCUT2D eigenvalue weighted by Crippen LogP contribution is -2.43. The van der Waals surface area contributed by atoms with Crippen LogP contribution in [-0.4, -0.2) is 13.2 Å². The van der Waals surface area contributed by atoms with Gasteiger partial charge in [0.2, 0.25) is 0 Å². The molecule has 2 aromatic rings. The Hall–Kier alpha value is -1.10. The fourth-order valence-electron chi connectivity index (χ4n) is 3.06. The van der Waals surface area contributed by atoms with E-state index < -0.39 is 0 Å². The highest BCUT2D eigenvalue weighted by Gasteiger charge is 2.42. The lowest BCUT2D eigenvalue weighted by molar-refractivity contribution is 0.0368. The van der Waals surface area contributed by atoms with Gasteiger partial charge in [-0.25, -0.2) is 0 Å². The first-order valence-corrected chi connectivity index (χ1v) is 7.65. The third kappa shape index (κ3) is 2.32. The molecule has 3 rings (SSSR count). The van der Waals surface area contributed by atoms with E-state index in [0.29, 0.717) is 0 Å². The summed E-state index contributed by atoms with van der Waals surface area (Å²) in [5, 5.41) is 0. The predicted molar refractivity (Wildman–Crippen MR) is 81.5 cm³/mol. The molecule has 0 spiro atoms. The highest BCUT2D eigenvalue weighted by molar-refractivity contribution is 9.10. The van der Waals surface area contributed by atoms with Gasteiger partial charge in [-0.1, -0.05) is 30.3 Å². The van der Waals surface area contributed by atoms with Crippen LogP contribution < -0.4 is 5.73 Å². The van der Waals surface area contributed by atoms with E-state index in [9.17, 15) is 0 Å². The molecule has 2 heterocycles. The van der Waals surface area contributed by atoms with E-state index in [-0.39, 0.29) is 11.5 Å². The second-order valence-electron chi connectivity index (χ2n) is 5.24. The first-order valence-electron chi connectivity index (χ1n) is 6.86. The molecule has 1 aliphatic heterocycles. The third-order valence-electron chi connectivity index (χ3n) is 4.26. The highest BCUT2D eigenvalue weighted by Crippen LogP contribution is 2.45. The van der Waals surface area contributed by atoms with E-state index in [1.807, 2.05) is 12.1 Å². The summed E-state index contributed by atoms with van der Waals surface area (Å²) < 4.78 is 12.1. The Kier molecular flexibility index (Phi) is 3.96. The number of hydrogen-bond donors (Lipinski definition) is 1. The molecule has 0 amide bonds. The summed E-state index contributed by atoms with van der Waals surface area (Å²) in [6.45, 7) is 1.47. The summed E-state index contributed by atoms with van der Waals surface area (Å²) in [5.41, 5.74) is 7.74. The van der Waals surface area contributed by atoms with Gasteiger partial charge in [-0.3, -0.25) is 0 Å². The van der Waals surface area contributed by atoms with E-state index in [1.165, 1.54) is 5.56 Å². The van der Waals surface area contributed by atoms with Gasteiger partial charge in [0.15, 0.2) is 0 Å². The Morgan fingerprint density at radius 2 is 1.80 bits per heavy atom. The largest absolute Gasteiger partial charge is 0.466 e. The van der Waals surface area contributed by atoms with Crippen LogP contribution in [0.3, 0.4) is 0 Å². The van der Waals surface area contributed by atoms with Crippen LogP contribution in [0.4, 0.5) is 0 Å². The molecule has 1 aromatic heterocycles. The van der Waals surface area contributed by atoms with E-state index >= 15 is 0 Å². The molecule has 1 atom stereocenters. The first kappa shape index (κ1) is 13.9. The van der Waals surface area contributed by atoms with Gasteiger partial charge in [-0.05, 0) is 40.4 Å². The predicted octanol–water partition coefficient (Wildman–Crippen LogP) is 3.79. The van der Waals surface area contributed by atoms with Crippen LogP contribution in [0.5, 0.6) is 0 Å². The molecule has 1 aromatic carbocycles. The summed E-state index contributed by atoms with van der Waals surface area (Å²) >= 11 is 3.53. The number of rotatable bonds is 3. The lowest BCUT2D eigenvalue weighted by Gasteiger charge is -2.41. The van der Waals surface area contributed by atoms with Crippen molar-refractivity contribution in [1.82, 2.24) is 0 Å². The second-order valence-corrected chi connectivity index (χ2v) is 6.10. The van der Waals surface area contributed by atoms with Gasteiger partial charge < -0.3 is 14.9 Å². The van der Waals surface area contributed by atoms with Crippen molar-refractivity contribution in [3.63, 3.8) is 0 Å². The maximum absolute atomic E-state index is 6.60. The molecular formula is C16H18BrNO2. The maximum Gasteiger partial charge on any atom is 0.135 e. The zero-order chi connectivity index (χ0) is 14.0. The van der Waals surface area contributed by atoms with Crippen LogP contribution >= 0.6 is 15.9 Å². The normalized spacial score (nSPS) is 19.7. The molecule has 0 radical (unpaired) electrons. The zero-order valence-corrected chi connectivity index (χ0v) is 12.8. The van der Waals surface area contributed by atoms with Gasteiger partial charge >= 0.3 is 0 Å². The molecule has 4 heteroatoms. The minimum Gasteiger partial charge on any atom is -0.466 e. The van der Waals surface area contributed by atoms with E-state index in [2.05, 4.69) is 40.2 Å². The molecule has 0 saturated carbocycles. The summed E-state index contributed by atoms with van der Waals surface area (Å²) in [6, 6.07) is 12.2. The van der Waals surface area contributed by atoms with Crippen molar-refractivity contribution in [2.24, 2.45) is 5.73 Å². The Morgan fingerprint density at radius 3 is 2.40 bits per heavy atom. The fourth-order valence-corrected chi connectivity index (χ4v) is 3.51. The van der Waals surface area contributed by atoms with Crippen molar-refractivity contribution in [3.05, 3.63) is 58.5 Å². The molecule has 0 bridgehead atoms. The summed E-state index contributed by atoms with van der Waals surface area (Å²) in [5.74, 6) is 0.816. The van der Waals surface area contributed by atoms with Crippen molar-refractivity contribution < 1.29 is 9.15 Å². The number of nitrogens with two attached hydrogens (primary N) is 1. The Labute approximate surface area is 127 Å². The van der Waals surface area contributed by atoms with Gasteiger partial charge in [0.1, 0.15) is 5.76 Å². The maximum atomic E-state index is 6.60. The minimum absolute atomic E-state index is 0.125. The van der Waals surface area contributed by atoms with Crippen LogP contribution in [0.1, 0.15) is 30.2 Å². The number of benzene rings is 1. The lowest BCUT2D eigenvalue weighted by atomic mass is 9.68. The van der Waals surface area contributed by atoms with Gasteiger partial charge in [0, 0.05) is 18.6 Å². The quantitative estimate of drug-likeness (QED) is 0.928. The van der Waals surface area contributed by atoms with Crippen molar-refractivity contribution in [2.75, 3.05) is 13.2 Å². The van der Waals surface area contributed by atoms with Crippen molar-refractivity contribution in [2.45, 2.75) is 24.3 Å². The van der Waals surface area contributed by atoms with Gasteiger partial charge in [0.05, 0.1) is 16.8 Å². The second kappa shape index (κ2) is 5.72. The molecule has 1 unspecified atom stereocenters. The summed E-state index contributed by atoms with van der Waals surface area (Å²) in [7, 11) is 0. The molecule has 1 aliphatic rings. The SMILES string of the molecule is NC(c1occc1Br)C1(c2ccccc2)CCOCC1. The molecule has 3 nitrogen and oxygen atoms in total. The third-order valence-corrected chi connectivity index (χ3v) is 4.91. The van der Waals surface area contributed by atoms with Crippen molar-refractivity contribution in [1.29, 1.82) is 0 Å². The van der Waals surface area contributed by atoms with Crippen LogP contribution in [0, 0.1) is 0 Å². The van der Waals surface area contributed by atoms with Crippen molar-refractivity contribution >= 4 is 15.9 Å². The monoisotopic (exact) mass is 335 g/mol. The van der Waals surface area contributed by atoms with Crippen LogP contribution in [0.25, 0.3) is 0 Å². The molecule has 1 fully saturated rings. The molecule has 106 valence electrons. The molecule has 1 saturated heterocycles. The Morgan fingerprint density at radius 1 is 1.10 bits per heavy atom. The van der Waals surface area contributed by atoms with Crippen LogP contribution in [0.15, 0.2) is 51.6 Å². The average Bonchev–Trinajstić information content (AvgIpc) is 2.94. The van der Waals surface area contributed by atoms with E-state index in [0.717, 1.165) is 36.3 Å². The van der Waals surface area contributed by atoms with Gasteiger partial charge in [-0.2, -0.15) is 0 Å². The van der Waals surface area contributed by atoms with Crippen LogP contribution in [-0.2, 0) is 10.2 Å². The zero-order valence-electron chi connectivity index (χ0n) is 11.2. The van der Waals surface area contributed by atoms with Crippen molar-refractivity contribution in [3.8, 4) is 0 Å². The Bertz CT molecular complexity index is 561. The number of halogens is 1. The van der Waals surface area contributed by atoms with Gasteiger partial charge in [-0.15, -0.1) is 0 Å². The summed E-state index contributed by atoms with van der Waals surface area (Å²) in [6.07, 6.45) is 3.49. The average molecular weight is 336 g/mol. The minimum atomic E-state index is -0.182.